The number of urea groups is 1. The van der Waals surface area contributed by atoms with Crippen molar-refractivity contribution in [2.75, 3.05) is 46.8 Å². The molecule has 3 atom stereocenters. The Labute approximate surface area is 210 Å². The Morgan fingerprint density at radius 3 is 2.71 bits per heavy atom. The Balaban J connectivity index is 1.61. The maximum atomic E-state index is 13.9. The number of piperidine rings is 1. The lowest BCUT2D eigenvalue weighted by atomic mass is 9.72. The van der Waals surface area contributed by atoms with E-state index in [1.54, 1.807) is 0 Å². The van der Waals surface area contributed by atoms with Crippen LogP contribution in [-0.4, -0.2) is 84.5 Å². The van der Waals surface area contributed by atoms with Crippen LogP contribution in [0.15, 0.2) is 24.4 Å². The van der Waals surface area contributed by atoms with Gasteiger partial charge in [0.1, 0.15) is 0 Å². The fourth-order valence-electron chi connectivity index (χ4n) is 6.12. The van der Waals surface area contributed by atoms with Gasteiger partial charge >= 0.3 is 6.03 Å². The van der Waals surface area contributed by atoms with Crippen LogP contribution in [0.2, 0.25) is 0 Å². The van der Waals surface area contributed by atoms with Crippen LogP contribution < -0.4 is 5.32 Å². The molecule has 1 aliphatic carbocycles. The zero-order valence-corrected chi connectivity index (χ0v) is 22.0. The van der Waals surface area contributed by atoms with Crippen LogP contribution in [0.25, 0.3) is 10.9 Å². The second-order valence-electron chi connectivity index (χ2n) is 10.6. The number of aromatic amines is 1. The largest absolute Gasteiger partial charge is 0.361 e. The summed E-state index contributed by atoms with van der Waals surface area (Å²) in [6.45, 7) is 7.71. The third-order valence-electron chi connectivity index (χ3n) is 7.80. The number of nitrogens with one attached hydrogen (secondary N) is 2. The van der Waals surface area contributed by atoms with E-state index in [0.29, 0.717) is 25.0 Å². The van der Waals surface area contributed by atoms with Gasteiger partial charge in [-0.3, -0.25) is 14.6 Å². The van der Waals surface area contributed by atoms with Crippen molar-refractivity contribution in [3.63, 3.8) is 0 Å². The molecule has 1 fully saturated rings. The number of aromatic nitrogens is 1. The molecule has 0 radical (unpaired) electrons. The van der Waals surface area contributed by atoms with Gasteiger partial charge in [0.15, 0.2) is 0 Å². The van der Waals surface area contributed by atoms with Gasteiger partial charge in [0, 0.05) is 48.7 Å². The molecule has 1 saturated heterocycles. The Hall–Kier alpha value is -2.38. The normalized spacial score (nSPS) is 21.8. The molecule has 1 aromatic carbocycles. The van der Waals surface area contributed by atoms with Crippen molar-refractivity contribution in [3.8, 4) is 0 Å². The number of benzene rings is 1. The fraction of sp³-hybridized carbons (Fsp3) is 0.643. The first-order valence-electron chi connectivity index (χ1n) is 13.5. The van der Waals surface area contributed by atoms with E-state index in [1.165, 1.54) is 39.8 Å². The zero-order valence-electron chi connectivity index (χ0n) is 22.0. The summed E-state index contributed by atoms with van der Waals surface area (Å²) < 4.78 is 0. The summed E-state index contributed by atoms with van der Waals surface area (Å²) in [5.41, 5.74) is 3.95. The Morgan fingerprint density at radius 2 is 1.97 bits per heavy atom. The molecule has 2 heterocycles. The lowest BCUT2D eigenvalue weighted by Gasteiger charge is -2.47. The summed E-state index contributed by atoms with van der Waals surface area (Å²) in [4.78, 5) is 36.4. The fourth-order valence-corrected chi connectivity index (χ4v) is 6.12. The first-order valence-corrected chi connectivity index (χ1v) is 13.5. The number of rotatable bonds is 10. The van der Waals surface area contributed by atoms with Crippen LogP contribution in [0, 0.1) is 5.92 Å². The maximum Gasteiger partial charge on any atom is 0.324 e. The van der Waals surface area contributed by atoms with Crippen molar-refractivity contribution in [1.82, 2.24) is 25.0 Å². The minimum absolute atomic E-state index is 0.0133. The number of amides is 3. The summed E-state index contributed by atoms with van der Waals surface area (Å²) in [7, 11) is 4.04. The number of carbonyl (C=O) groups is 2. The number of hydrogen-bond donors (Lipinski definition) is 2. The quantitative estimate of drug-likeness (QED) is 0.499. The molecule has 0 bridgehead atoms. The number of likely N-dealkylation sites (tertiary alicyclic amines) is 1. The highest BCUT2D eigenvalue weighted by molar-refractivity contribution is 5.96. The van der Waals surface area contributed by atoms with Gasteiger partial charge in [-0.25, -0.2) is 4.79 Å². The van der Waals surface area contributed by atoms with Crippen LogP contribution in [-0.2, 0) is 11.2 Å². The van der Waals surface area contributed by atoms with Gasteiger partial charge in [-0.15, -0.1) is 0 Å². The molecule has 1 unspecified atom stereocenters. The molecular weight excluding hydrogens is 438 g/mol. The summed E-state index contributed by atoms with van der Waals surface area (Å²) in [6.07, 6.45) is 8.32. The van der Waals surface area contributed by atoms with Crippen molar-refractivity contribution in [3.05, 3.63) is 35.5 Å². The molecular formula is C28H43N5O2. The summed E-state index contributed by atoms with van der Waals surface area (Å²) in [5.74, 6) is 0.125. The Bertz CT molecular complexity index is 1020. The molecule has 192 valence electrons. The molecule has 2 aliphatic rings. The van der Waals surface area contributed by atoms with Gasteiger partial charge in [-0.2, -0.15) is 0 Å². The average Bonchev–Trinajstić information content (AvgIpc) is 3.26. The third kappa shape index (κ3) is 5.56. The zero-order chi connectivity index (χ0) is 24.9. The number of H-pyrrole nitrogens is 1. The van der Waals surface area contributed by atoms with E-state index in [1.807, 2.05) is 21.0 Å². The minimum atomic E-state index is -0.255. The summed E-state index contributed by atoms with van der Waals surface area (Å²) in [5, 5.41) is 4.22. The number of nitrogens with zero attached hydrogens (tertiary/aromatic N) is 3. The second-order valence-corrected chi connectivity index (χ2v) is 10.6. The van der Waals surface area contributed by atoms with Crippen molar-refractivity contribution < 1.29 is 9.59 Å². The van der Waals surface area contributed by atoms with Crippen LogP contribution >= 0.6 is 0 Å². The van der Waals surface area contributed by atoms with Gasteiger partial charge in [0.2, 0.25) is 5.91 Å². The molecule has 1 aliphatic heterocycles. The molecule has 7 nitrogen and oxygen atoms in total. The summed E-state index contributed by atoms with van der Waals surface area (Å²) >= 11 is 0. The van der Waals surface area contributed by atoms with E-state index in [-0.39, 0.29) is 17.9 Å². The van der Waals surface area contributed by atoms with Crippen LogP contribution in [0.4, 0.5) is 4.79 Å². The number of carbonyl (C=O) groups excluding carboxylic acids is 2. The molecule has 2 N–H and O–H groups in total. The lowest BCUT2D eigenvalue weighted by Crippen LogP contribution is -2.55. The maximum absolute atomic E-state index is 13.9. The third-order valence-corrected chi connectivity index (χ3v) is 7.80. The van der Waals surface area contributed by atoms with E-state index < -0.39 is 0 Å². The molecule has 0 spiro atoms. The predicted octanol–water partition coefficient (Wildman–Crippen LogP) is 4.20. The standard InChI is InChI=1S/C28H43N5O2/c1-5-7-8-14-32-19-21(27(34)33(28(35)29-6-2)15-10-13-31(3)4)16-23-22-11-9-12-24-26(22)20(18-30-24)17-25(23)32/h9,11-12,18,21,23,25,30H,5-8,10,13-17,19H2,1-4H3,(H,29,35)/t21-,23?,25-/m1/s1. The van der Waals surface area contributed by atoms with Crippen LogP contribution in [0.3, 0.4) is 0 Å². The molecule has 3 amide bonds. The van der Waals surface area contributed by atoms with Crippen molar-refractivity contribution in [1.29, 1.82) is 0 Å². The first kappa shape index (κ1) is 25.7. The minimum Gasteiger partial charge on any atom is -0.361 e. The first-order chi connectivity index (χ1) is 16.9. The topological polar surface area (TPSA) is 71.7 Å². The number of hydrogen-bond acceptors (Lipinski definition) is 4. The average molecular weight is 482 g/mol. The molecule has 0 saturated carbocycles. The molecule has 7 heteroatoms. The molecule has 2 aromatic rings. The van der Waals surface area contributed by atoms with E-state index in [9.17, 15) is 9.59 Å². The van der Waals surface area contributed by atoms with Crippen LogP contribution in [0.5, 0.6) is 0 Å². The van der Waals surface area contributed by atoms with Gasteiger partial charge in [0.25, 0.3) is 0 Å². The smallest absolute Gasteiger partial charge is 0.324 e. The Kier molecular flexibility index (Phi) is 8.50. The predicted molar refractivity (Wildman–Crippen MR) is 142 cm³/mol. The van der Waals surface area contributed by atoms with E-state index in [4.69, 9.17) is 0 Å². The van der Waals surface area contributed by atoms with Gasteiger partial charge in [-0.05, 0) is 77.0 Å². The highest BCUT2D eigenvalue weighted by atomic mass is 16.2. The SMILES string of the molecule is CCCCCN1C[C@H](C(=O)N(CCCN(C)C)C(=O)NCC)CC2c3cccc4[nH]cc(c34)C[C@H]21. The van der Waals surface area contributed by atoms with Crippen molar-refractivity contribution in [2.45, 2.75) is 64.3 Å². The number of fused-ring (bicyclic) bond motifs is 2. The molecule has 35 heavy (non-hydrogen) atoms. The highest BCUT2D eigenvalue weighted by Gasteiger charge is 2.44. The van der Waals surface area contributed by atoms with Gasteiger partial charge < -0.3 is 15.2 Å². The molecule has 4 rings (SSSR count). The molecule has 1 aromatic heterocycles. The highest BCUT2D eigenvalue weighted by Crippen LogP contribution is 2.45. The van der Waals surface area contributed by atoms with E-state index in [2.05, 4.69) is 51.4 Å². The number of unbranched alkanes of at least 4 members (excludes halogenated alkanes) is 2. The van der Waals surface area contributed by atoms with Crippen molar-refractivity contribution in [2.24, 2.45) is 5.92 Å². The summed E-state index contributed by atoms with van der Waals surface area (Å²) in [6, 6.07) is 6.70. The van der Waals surface area contributed by atoms with E-state index in [0.717, 1.165) is 45.3 Å². The number of imide groups is 1. The second kappa shape index (κ2) is 11.6. The van der Waals surface area contributed by atoms with Gasteiger partial charge in [-0.1, -0.05) is 31.9 Å². The lowest BCUT2D eigenvalue weighted by molar-refractivity contribution is -0.135. The van der Waals surface area contributed by atoms with Crippen molar-refractivity contribution >= 4 is 22.8 Å². The van der Waals surface area contributed by atoms with Gasteiger partial charge in [0.05, 0.1) is 5.92 Å². The van der Waals surface area contributed by atoms with E-state index >= 15 is 0 Å². The monoisotopic (exact) mass is 481 g/mol. The van der Waals surface area contributed by atoms with Crippen LogP contribution in [0.1, 0.15) is 63.0 Å². The Morgan fingerprint density at radius 1 is 1.14 bits per heavy atom.